The number of pyridine rings is 2. The Morgan fingerprint density at radius 3 is 2.67 bits per heavy atom. The summed E-state index contributed by atoms with van der Waals surface area (Å²) in [6, 6.07) is 9.83. The normalized spacial score (nSPS) is 12.4. The largest absolute Gasteiger partial charge is 0.438 e. The van der Waals surface area contributed by atoms with E-state index >= 15 is 0 Å². The molecule has 0 radical (unpaired) electrons. The van der Waals surface area contributed by atoms with E-state index in [-0.39, 0.29) is 0 Å². The lowest BCUT2D eigenvalue weighted by molar-refractivity contribution is 0.589. The maximum atomic E-state index is 5.78. The van der Waals surface area contributed by atoms with E-state index in [0.29, 0.717) is 5.71 Å². The van der Waals surface area contributed by atoms with E-state index in [1.165, 1.54) is 0 Å². The van der Waals surface area contributed by atoms with Crippen molar-refractivity contribution in [3.8, 4) is 0 Å². The van der Waals surface area contributed by atoms with Gasteiger partial charge in [0.25, 0.3) is 0 Å². The van der Waals surface area contributed by atoms with E-state index in [1.807, 2.05) is 62.4 Å². The number of hydrogen-bond donors (Lipinski definition) is 0. The zero-order chi connectivity index (χ0) is 14.7. The van der Waals surface area contributed by atoms with Gasteiger partial charge in [-0.1, -0.05) is 12.1 Å². The molecule has 0 amide bonds. The van der Waals surface area contributed by atoms with Crippen LogP contribution in [0.3, 0.4) is 0 Å². The first-order valence-electron chi connectivity index (χ1n) is 6.89. The lowest BCUT2D eigenvalue weighted by Crippen LogP contribution is -1.84. The average Bonchev–Trinajstić information content (AvgIpc) is 2.86. The van der Waals surface area contributed by atoms with Crippen LogP contribution in [-0.2, 0) is 0 Å². The number of allylic oxidation sites excluding steroid dienone is 3. The Balaban J connectivity index is 1.96. The predicted octanol–water partition coefficient (Wildman–Crippen LogP) is 4.65. The van der Waals surface area contributed by atoms with Gasteiger partial charge in [-0.05, 0) is 55.8 Å². The predicted molar refractivity (Wildman–Crippen MR) is 85.7 cm³/mol. The SMILES string of the molecule is C/C=C(\C=C/c1oc2ncccc2c1C)c1ccccn1. The smallest absolute Gasteiger partial charge is 0.226 e. The van der Waals surface area contributed by atoms with E-state index in [2.05, 4.69) is 9.97 Å². The molecule has 0 aliphatic carbocycles. The molecule has 3 aromatic rings. The van der Waals surface area contributed by atoms with Gasteiger partial charge in [-0.15, -0.1) is 0 Å². The number of furan rings is 1. The second-order valence-electron chi connectivity index (χ2n) is 4.74. The third-order valence-corrected chi connectivity index (χ3v) is 3.44. The molecule has 3 heteroatoms. The highest BCUT2D eigenvalue weighted by molar-refractivity contribution is 5.83. The molecule has 21 heavy (non-hydrogen) atoms. The molecule has 0 unspecified atom stereocenters. The van der Waals surface area contributed by atoms with Crippen molar-refractivity contribution < 1.29 is 4.42 Å². The molecular formula is C18H16N2O. The van der Waals surface area contributed by atoms with Gasteiger partial charge in [0, 0.05) is 23.3 Å². The first-order chi connectivity index (χ1) is 10.3. The van der Waals surface area contributed by atoms with Crippen LogP contribution in [0.2, 0.25) is 0 Å². The van der Waals surface area contributed by atoms with Crippen LogP contribution in [0, 0.1) is 6.92 Å². The minimum Gasteiger partial charge on any atom is -0.438 e. The lowest BCUT2D eigenvalue weighted by Gasteiger charge is -1.99. The van der Waals surface area contributed by atoms with Crippen molar-refractivity contribution >= 4 is 22.7 Å². The van der Waals surface area contributed by atoms with Crippen molar-refractivity contribution in [1.29, 1.82) is 0 Å². The van der Waals surface area contributed by atoms with Crippen LogP contribution >= 0.6 is 0 Å². The monoisotopic (exact) mass is 276 g/mol. The minimum atomic E-state index is 0.675. The number of fused-ring (bicyclic) bond motifs is 1. The second-order valence-corrected chi connectivity index (χ2v) is 4.74. The molecule has 0 atom stereocenters. The highest BCUT2D eigenvalue weighted by Gasteiger charge is 2.08. The van der Waals surface area contributed by atoms with Crippen molar-refractivity contribution in [3.05, 3.63) is 71.9 Å². The molecular weight excluding hydrogens is 260 g/mol. The van der Waals surface area contributed by atoms with Crippen LogP contribution in [0.1, 0.15) is 23.9 Å². The molecule has 0 aliphatic heterocycles. The molecule has 3 rings (SSSR count). The standard InChI is InChI=1S/C18H16N2O/c1-3-14(16-8-4-5-11-19-16)9-10-17-13(2)15-7-6-12-20-18(15)21-17/h3-12H,1-2H3/b10-9-,14-3+. The van der Waals surface area contributed by atoms with Crippen molar-refractivity contribution in [3.63, 3.8) is 0 Å². The van der Waals surface area contributed by atoms with Gasteiger partial charge in [0.1, 0.15) is 5.76 Å². The summed E-state index contributed by atoms with van der Waals surface area (Å²) in [4.78, 5) is 8.61. The Hall–Kier alpha value is -2.68. The summed E-state index contributed by atoms with van der Waals surface area (Å²) in [6.45, 7) is 4.05. The molecule has 0 aliphatic rings. The van der Waals surface area contributed by atoms with Gasteiger partial charge in [-0.25, -0.2) is 4.98 Å². The van der Waals surface area contributed by atoms with E-state index < -0.39 is 0 Å². The van der Waals surface area contributed by atoms with E-state index in [0.717, 1.165) is 28.0 Å². The van der Waals surface area contributed by atoms with Gasteiger partial charge >= 0.3 is 0 Å². The Morgan fingerprint density at radius 2 is 1.95 bits per heavy atom. The zero-order valence-corrected chi connectivity index (χ0v) is 12.1. The van der Waals surface area contributed by atoms with Crippen LogP contribution in [0.15, 0.2) is 59.3 Å². The van der Waals surface area contributed by atoms with Gasteiger partial charge in [0.15, 0.2) is 0 Å². The van der Waals surface area contributed by atoms with Crippen LogP contribution in [0.5, 0.6) is 0 Å². The van der Waals surface area contributed by atoms with E-state index in [1.54, 1.807) is 12.4 Å². The van der Waals surface area contributed by atoms with Crippen molar-refractivity contribution in [2.75, 3.05) is 0 Å². The average molecular weight is 276 g/mol. The fourth-order valence-corrected chi connectivity index (χ4v) is 2.26. The van der Waals surface area contributed by atoms with Crippen molar-refractivity contribution in [2.45, 2.75) is 13.8 Å². The van der Waals surface area contributed by atoms with Gasteiger partial charge in [-0.2, -0.15) is 0 Å². The summed E-state index contributed by atoms with van der Waals surface area (Å²) in [5.74, 6) is 0.832. The highest BCUT2D eigenvalue weighted by Crippen LogP contribution is 2.25. The molecule has 0 spiro atoms. The van der Waals surface area contributed by atoms with E-state index in [4.69, 9.17) is 4.42 Å². The van der Waals surface area contributed by atoms with Crippen molar-refractivity contribution in [2.24, 2.45) is 0 Å². The molecule has 3 nitrogen and oxygen atoms in total. The number of hydrogen-bond acceptors (Lipinski definition) is 3. The molecule has 0 N–H and O–H groups in total. The second kappa shape index (κ2) is 5.75. The third-order valence-electron chi connectivity index (χ3n) is 3.44. The number of aryl methyl sites for hydroxylation is 1. The Labute approximate surface area is 123 Å². The van der Waals surface area contributed by atoms with Gasteiger partial charge in [0.05, 0.1) is 5.69 Å². The van der Waals surface area contributed by atoms with Crippen LogP contribution < -0.4 is 0 Å². The molecule has 0 saturated heterocycles. The van der Waals surface area contributed by atoms with Gasteiger partial charge < -0.3 is 4.42 Å². The maximum absolute atomic E-state index is 5.78. The van der Waals surface area contributed by atoms with Crippen molar-refractivity contribution in [1.82, 2.24) is 9.97 Å². The van der Waals surface area contributed by atoms with Crippen LogP contribution in [0.25, 0.3) is 22.7 Å². The first-order valence-corrected chi connectivity index (χ1v) is 6.89. The Kier molecular flexibility index (Phi) is 3.65. The molecule has 0 aromatic carbocycles. The number of rotatable bonds is 3. The van der Waals surface area contributed by atoms with Crippen LogP contribution in [-0.4, -0.2) is 9.97 Å². The third kappa shape index (κ3) is 2.63. The molecule has 3 aromatic heterocycles. The van der Waals surface area contributed by atoms with Gasteiger partial charge in [-0.3, -0.25) is 4.98 Å². The Morgan fingerprint density at radius 1 is 1.10 bits per heavy atom. The molecule has 104 valence electrons. The fourth-order valence-electron chi connectivity index (χ4n) is 2.26. The summed E-state index contributed by atoms with van der Waals surface area (Å²) in [5.41, 5.74) is 3.78. The molecule has 3 heterocycles. The maximum Gasteiger partial charge on any atom is 0.226 e. The summed E-state index contributed by atoms with van der Waals surface area (Å²) >= 11 is 0. The lowest BCUT2D eigenvalue weighted by atomic mass is 10.1. The quantitative estimate of drug-likeness (QED) is 0.654. The van der Waals surface area contributed by atoms with Gasteiger partial charge in [0.2, 0.25) is 5.71 Å². The summed E-state index contributed by atoms with van der Waals surface area (Å²) in [5, 5.41) is 1.05. The Bertz CT molecular complexity index is 814. The molecule has 0 bridgehead atoms. The molecule has 0 saturated carbocycles. The summed E-state index contributed by atoms with van der Waals surface area (Å²) < 4.78 is 5.78. The first kappa shape index (κ1) is 13.3. The minimum absolute atomic E-state index is 0.675. The summed E-state index contributed by atoms with van der Waals surface area (Å²) in [7, 11) is 0. The summed E-state index contributed by atoms with van der Waals surface area (Å²) in [6.07, 6.45) is 9.57. The highest BCUT2D eigenvalue weighted by atomic mass is 16.3. The fraction of sp³-hybridized carbons (Fsp3) is 0.111. The number of aromatic nitrogens is 2. The zero-order valence-electron chi connectivity index (χ0n) is 12.1. The number of nitrogens with zero attached hydrogens (tertiary/aromatic N) is 2. The molecule has 0 fully saturated rings. The van der Waals surface area contributed by atoms with Crippen LogP contribution in [0.4, 0.5) is 0 Å². The topological polar surface area (TPSA) is 38.9 Å². The van der Waals surface area contributed by atoms with E-state index in [9.17, 15) is 0 Å².